The van der Waals surface area contributed by atoms with Gasteiger partial charge in [0.1, 0.15) is 11.4 Å². The van der Waals surface area contributed by atoms with E-state index in [1.807, 2.05) is 75.4 Å². The van der Waals surface area contributed by atoms with Gasteiger partial charge in [-0.15, -0.1) is 0 Å². The van der Waals surface area contributed by atoms with Crippen molar-refractivity contribution in [3.05, 3.63) is 94.7 Å². The van der Waals surface area contributed by atoms with Crippen LogP contribution in [0.3, 0.4) is 0 Å². The molecule has 3 aromatic carbocycles. The lowest BCUT2D eigenvalue weighted by Gasteiger charge is -2.19. The third-order valence-electron chi connectivity index (χ3n) is 5.36. The summed E-state index contributed by atoms with van der Waals surface area (Å²) in [6.07, 6.45) is 0. The fraction of sp³-hybridized carbons (Fsp3) is 0.154. The zero-order chi connectivity index (χ0) is 22.1. The van der Waals surface area contributed by atoms with Crippen molar-refractivity contribution in [3.63, 3.8) is 0 Å². The Morgan fingerprint density at radius 3 is 2.16 bits per heavy atom. The van der Waals surface area contributed by atoms with E-state index in [-0.39, 0.29) is 11.6 Å². The molecule has 1 aliphatic rings. The Kier molecular flexibility index (Phi) is 5.34. The maximum absolute atomic E-state index is 13.6. The highest BCUT2D eigenvalue weighted by Crippen LogP contribution is 2.38. The van der Waals surface area contributed by atoms with Crippen LogP contribution >= 0.6 is 0 Å². The highest BCUT2D eigenvalue weighted by molar-refractivity contribution is 6.46. The standard InChI is InChI=1S/C26H24N2O3/c1-16-10-12-20(18(3)14-16)27-24-23(19-8-6-5-7-9-19)25(29)28(26(24)30)21-15-17(2)11-13-22(21)31-4/h5-15,27H,1-4H3. The van der Waals surface area contributed by atoms with Gasteiger partial charge in [0, 0.05) is 5.69 Å². The lowest BCUT2D eigenvalue weighted by atomic mass is 10.0. The number of aryl methyl sites for hydroxylation is 3. The molecule has 0 atom stereocenters. The van der Waals surface area contributed by atoms with Gasteiger partial charge in [0.2, 0.25) is 0 Å². The Balaban J connectivity index is 1.86. The van der Waals surface area contributed by atoms with E-state index in [2.05, 4.69) is 5.32 Å². The number of carbonyl (C=O) groups is 2. The van der Waals surface area contributed by atoms with Crippen molar-refractivity contribution in [2.24, 2.45) is 0 Å². The summed E-state index contributed by atoms with van der Waals surface area (Å²) < 4.78 is 5.45. The van der Waals surface area contributed by atoms with Gasteiger partial charge in [-0.25, -0.2) is 4.90 Å². The highest BCUT2D eigenvalue weighted by atomic mass is 16.5. The average Bonchev–Trinajstić information content (AvgIpc) is 3.00. The molecular formula is C26H24N2O3. The summed E-state index contributed by atoms with van der Waals surface area (Å²) in [6.45, 7) is 5.90. The van der Waals surface area contributed by atoms with Crippen molar-refractivity contribution >= 4 is 28.8 Å². The number of nitrogens with one attached hydrogen (secondary N) is 1. The van der Waals surface area contributed by atoms with Crippen LogP contribution in [0.5, 0.6) is 5.75 Å². The van der Waals surface area contributed by atoms with Crippen molar-refractivity contribution in [1.82, 2.24) is 0 Å². The molecule has 4 rings (SSSR count). The van der Waals surface area contributed by atoms with Crippen LogP contribution in [0.2, 0.25) is 0 Å². The van der Waals surface area contributed by atoms with Crippen LogP contribution in [0.25, 0.3) is 5.57 Å². The molecule has 0 bridgehead atoms. The van der Waals surface area contributed by atoms with Crippen molar-refractivity contribution < 1.29 is 14.3 Å². The molecule has 156 valence electrons. The lowest BCUT2D eigenvalue weighted by molar-refractivity contribution is -0.120. The predicted octanol–water partition coefficient (Wildman–Crippen LogP) is 5.02. The summed E-state index contributed by atoms with van der Waals surface area (Å²) in [7, 11) is 1.53. The van der Waals surface area contributed by atoms with Gasteiger partial charge in [-0.05, 0) is 55.7 Å². The number of methoxy groups -OCH3 is 1. The van der Waals surface area contributed by atoms with Gasteiger partial charge >= 0.3 is 0 Å². The minimum atomic E-state index is -0.410. The molecule has 0 aromatic heterocycles. The van der Waals surface area contributed by atoms with E-state index in [0.29, 0.717) is 22.6 Å². The molecule has 1 heterocycles. The molecule has 0 saturated carbocycles. The van der Waals surface area contributed by atoms with E-state index in [4.69, 9.17) is 4.74 Å². The molecule has 0 unspecified atom stereocenters. The molecule has 0 aliphatic carbocycles. The maximum Gasteiger partial charge on any atom is 0.282 e. The van der Waals surface area contributed by atoms with E-state index < -0.39 is 5.91 Å². The normalized spacial score (nSPS) is 13.7. The van der Waals surface area contributed by atoms with Crippen molar-refractivity contribution in [2.75, 3.05) is 17.3 Å². The highest BCUT2D eigenvalue weighted by Gasteiger charge is 2.41. The van der Waals surface area contributed by atoms with Gasteiger partial charge in [-0.2, -0.15) is 0 Å². The van der Waals surface area contributed by atoms with E-state index in [0.717, 1.165) is 22.4 Å². The monoisotopic (exact) mass is 412 g/mol. The molecule has 2 amide bonds. The smallest absolute Gasteiger partial charge is 0.282 e. The second-order valence-electron chi connectivity index (χ2n) is 7.68. The van der Waals surface area contributed by atoms with Gasteiger partial charge < -0.3 is 10.1 Å². The number of nitrogens with zero attached hydrogens (tertiary/aromatic N) is 1. The first-order chi connectivity index (χ1) is 14.9. The number of ether oxygens (including phenoxy) is 1. The van der Waals surface area contributed by atoms with Crippen LogP contribution in [0, 0.1) is 20.8 Å². The molecule has 0 radical (unpaired) electrons. The maximum atomic E-state index is 13.6. The average molecular weight is 412 g/mol. The molecule has 31 heavy (non-hydrogen) atoms. The number of rotatable bonds is 5. The van der Waals surface area contributed by atoms with Crippen LogP contribution in [-0.4, -0.2) is 18.9 Å². The fourth-order valence-electron chi connectivity index (χ4n) is 3.80. The Labute approximate surface area is 182 Å². The third kappa shape index (κ3) is 3.70. The number of hydrogen-bond acceptors (Lipinski definition) is 4. The van der Waals surface area contributed by atoms with E-state index in [1.165, 1.54) is 12.0 Å². The van der Waals surface area contributed by atoms with E-state index >= 15 is 0 Å². The summed E-state index contributed by atoms with van der Waals surface area (Å²) in [6, 6.07) is 20.6. The minimum absolute atomic E-state index is 0.256. The molecule has 0 spiro atoms. The zero-order valence-corrected chi connectivity index (χ0v) is 18.0. The summed E-state index contributed by atoms with van der Waals surface area (Å²) in [4.78, 5) is 28.4. The molecule has 0 saturated heterocycles. The Bertz CT molecular complexity index is 1210. The fourth-order valence-corrected chi connectivity index (χ4v) is 3.80. The summed E-state index contributed by atoms with van der Waals surface area (Å²) >= 11 is 0. The zero-order valence-electron chi connectivity index (χ0n) is 18.0. The molecule has 3 aromatic rings. The lowest BCUT2D eigenvalue weighted by Crippen LogP contribution is -2.32. The Hall–Kier alpha value is -3.86. The third-order valence-corrected chi connectivity index (χ3v) is 5.36. The molecule has 0 fully saturated rings. The van der Waals surface area contributed by atoms with Crippen molar-refractivity contribution in [2.45, 2.75) is 20.8 Å². The van der Waals surface area contributed by atoms with Gasteiger partial charge in [0.15, 0.2) is 0 Å². The number of hydrogen-bond donors (Lipinski definition) is 1. The van der Waals surface area contributed by atoms with Crippen LogP contribution in [0.4, 0.5) is 11.4 Å². The first-order valence-electron chi connectivity index (χ1n) is 10.1. The second kappa shape index (κ2) is 8.11. The molecule has 5 nitrogen and oxygen atoms in total. The largest absolute Gasteiger partial charge is 0.495 e. The van der Waals surface area contributed by atoms with E-state index in [9.17, 15) is 9.59 Å². The summed E-state index contributed by atoms with van der Waals surface area (Å²) in [5.41, 5.74) is 5.54. The number of imide groups is 1. The quantitative estimate of drug-likeness (QED) is 0.598. The van der Waals surface area contributed by atoms with Gasteiger partial charge in [0.05, 0.1) is 18.4 Å². The first kappa shape index (κ1) is 20.4. The number of carbonyl (C=O) groups excluding carboxylic acids is 2. The second-order valence-corrected chi connectivity index (χ2v) is 7.68. The van der Waals surface area contributed by atoms with Gasteiger partial charge in [-0.1, -0.05) is 54.1 Å². The van der Waals surface area contributed by atoms with E-state index in [1.54, 1.807) is 12.1 Å². The van der Waals surface area contributed by atoms with Crippen LogP contribution < -0.4 is 15.0 Å². The molecule has 5 heteroatoms. The number of benzene rings is 3. The number of amides is 2. The minimum Gasteiger partial charge on any atom is -0.495 e. The first-order valence-corrected chi connectivity index (χ1v) is 10.1. The number of anilines is 2. The van der Waals surface area contributed by atoms with Crippen LogP contribution in [-0.2, 0) is 9.59 Å². The van der Waals surface area contributed by atoms with Crippen molar-refractivity contribution in [3.8, 4) is 5.75 Å². The SMILES string of the molecule is COc1ccc(C)cc1N1C(=O)C(Nc2ccc(C)cc2C)=C(c2ccccc2)C1=O. The van der Waals surface area contributed by atoms with Gasteiger partial charge in [0.25, 0.3) is 11.8 Å². The molecule has 1 N–H and O–H groups in total. The summed E-state index contributed by atoms with van der Waals surface area (Å²) in [5, 5.41) is 3.24. The topological polar surface area (TPSA) is 58.6 Å². The molecular weight excluding hydrogens is 388 g/mol. The molecule has 1 aliphatic heterocycles. The Morgan fingerprint density at radius 2 is 1.48 bits per heavy atom. The van der Waals surface area contributed by atoms with Crippen LogP contribution in [0.1, 0.15) is 22.3 Å². The predicted molar refractivity (Wildman–Crippen MR) is 123 cm³/mol. The Morgan fingerprint density at radius 1 is 0.806 bits per heavy atom. The summed E-state index contributed by atoms with van der Waals surface area (Å²) in [5.74, 6) is -0.326. The van der Waals surface area contributed by atoms with Gasteiger partial charge in [-0.3, -0.25) is 9.59 Å². The van der Waals surface area contributed by atoms with Crippen LogP contribution in [0.15, 0.2) is 72.4 Å². The van der Waals surface area contributed by atoms with Crippen molar-refractivity contribution in [1.29, 1.82) is 0 Å².